The molecule has 116 valence electrons. The van der Waals surface area contributed by atoms with Crippen LogP contribution in [-0.4, -0.2) is 55.6 Å². The van der Waals surface area contributed by atoms with Gasteiger partial charge < -0.3 is 10.6 Å². The van der Waals surface area contributed by atoms with Crippen LogP contribution in [0.2, 0.25) is 0 Å². The fourth-order valence-corrected chi connectivity index (χ4v) is 2.63. The van der Waals surface area contributed by atoms with Gasteiger partial charge in [-0.2, -0.15) is 0 Å². The Morgan fingerprint density at radius 3 is 2.35 bits per heavy atom. The minimum absolute atomic E-state index is 0.226. The summed E-state index contributed by atoms with van der Waals surface area (Å²) in [5, 5.41) is 8.24. The van der Waals surface area contributed by atoms with Crippen LogP contribution in [-0.2, 0) is 4.79 Å². The third-order valence-electron chi connectivity index (χ3n) is 4.24. The molecule has 1 aliphatic heterocycles. The van der Waals surface area contributed by atoms with Crippen LogP contribution in [0.15, 0.2) is 0 Å². The number of amides is 3. The highest BCUT2D eigenvalue weighted by Crippen LogP contribution is 2.21. The molecule has 0 aromatic heterocycles. The number of imide groups is 1. The van der Waals surface area contributed by atoms with Gasteiger partial charge in [0, 0.05) is 12.6 Å². The van der Waals surface area contributed by atoms with E-state index in [1.165, 1.54) is 0 Å². The SMILES string of the molecule is CCNC(=O)NC(=O)C(C)N1CCC(C(C)NC)CC1. The van der Waals surface area contributed by atoms with Gasteiger partial charge in [-0.3, -0.25) is 15.0 Å². The van der Waals surface area contributed by atoms with Crippen molar-refractivity contribution in [2.45, 2.75) is 45.7 Å². The highest BCUT2D eigenvalue weighted by atomic mass is 16.2. The van der Waals surface area contributed by atoms with Gasteiger partial charge in [0.05, 0.1) is 6.04 Å². The Balaban J connectivity index is 2.40. The predicted octanol–water partition coefficient (Wildman–Crippen LogP) is 0.541. The number of likely N-dealkylation sites (tertiary alicyclic amines) is 1. The molecule has 3 N–H and O–H groups in total. The van der Waals surface area contributed by atoms with Crippen LogP contribution in [0.25, 0.3) is 0 Å². The molecule has 3 amide bonds. The molecule has 6 nitrogen and oxygen atoms in total. The lowest BCUT2D eigenvalue weighted by molar-refractivity contribution is -0.125. The van der Waals surface area contributed by atoms with Crippen molar-refractivity contribution in [2.24, 2.45) is 5.92 Å². The number of carbonyl (C=O) groups is 2. The van der Waals surface area contributed by atoms with Gasteiger partial charge >= 0.3 is 6.03 Å². The van der Waals surface area contributed by atoms with Crippen molar-refractivity contribution in [1.82, 2.24) is 20.9 Å². The van der Waals surface area contributed by atoms with Crippen LogP contribution in [0.5, 0.6) is 0 Å². The van der Waals surface area contributed by atoms with Crippen molar-refractivity contribution in [2.75, 3.05) is 26.7 Å². The van der Waals surface area contributed by atoms with E-state index in [4.69, 9.17) is 0 Å². The van der Waals surface area contributed by atoms with Gasteiger partial charge in [-0.05, 0) is 59.7 Å². The summed E-state index contributed by atoms with van der Waals surface area (Å²) in [6, 6.07) is -0.164. The molecule has 2 atom stereocenters. The van der Waals surface area contributed by atoms with Crippen LogP contribution in [0.1, 0.15) is 33.6 Å². The fraction of sp³-hybridized carbons (Fsp3) is 0.857. The standard InChI is InChI=1S/C14H28N4O2/c1-5-16-14(20)17-13(19)11(3)18-8-6-12(7-9-18)10(2)15-4/h10-12,15H,5-9H2,1-4H3,(H2,16,17,19,20). The molecule has 0 radical (unpaired) electrons. The molecular formula is C14H28N4O2. The lowest BCUT2D eigenvalue weighted by atomic mass is 9.90. The second kappa shape index (κ2) is 8.21. The lowest BCUT2D eigenvalue weighted by Crippen LogP contribution is -2.52. The topological polar surface area (TPSA) is 73.5 Å². The van der Waals surface area contributed by atoms with Gasteiger partial charge in [0.1, 0.15) is 0 Å². The van der Waals surface area contributed by atoms with Gasteiger partial charge in [0.2, 0.25) is 5.91 Å². The highest BCUT2D eigenvalue weighted by Gasteiger charge is 2.28. The van der Waals surface area contributed by atoms with Crippen molar-refractivity contribution in [3.8, 4) is 0 Å². The number of piperidine rings is 1. The molecule has 6 heteroatoms. The monoisotopic (exact) mass is 284 g/mol. The molecule has 2 unspecified atom stereocenters. The van der Waals surface area contributed by atoms with Crippen LogP contribution in [0.3, 0.4) is 0 Å². The summed E-state index contributed by atoms with van der Waals surface area (Å²) in [4.78, 5) is 25.5. The molecule has 0 saturated carbocycles. The molecule has 0 bridgehead atoms. The largest absolute Gasteiger partial charge is 0.338 e. The van der Waals surface area contributed by atoms with Crippen molar-refractivity contribution < 1.29 is 9.59 Å². The van der Waals surface area contributed by atoms with Crippen LogP contribution >= 0.6 is 0 Å². The quantitative estimate of drug-likeness (QED) is 0.689. The van der Waals surface area contributed by atoms with Crippen molar-refractivity contribution >= 4 is 11.9 Å². The van der Waals surface area contributed by atoms with Crippen LogP contribution in [0.4, 0.5) is 4.79 Å². The zero-order valence-electron chi connectivity index (χ0n) is 13.0. The van der Waals surface area contributed by atoms with E-state index in [2.05, 4.69) is 27.8 Å². The maximum Gasteiger partial charge on any atom is 0.321 e. The average molecular weight is 284 g/mol. The van der Waals surface area contributed by atoms with E-state index >= 15 is 0 Å². The van der Waals surface area contributed by atoms with Crippen LogP contribution < -0.4 is 16.0 Å². The van der Waals surface area contributed by atoms with Gasteiger partial charge in [-0.1, -0.05) is 0 Å². The summed E-state index contributed by atoms with van der Waals surface area (Å²) < 4.78 is 0. The van der Waals surface area contributed by atoms with E-state index in [0.29, 0.717) is 18.5 Å². The first-order valence-corrected chi connectivity index (χ1v) is 7.49. The molecule has 0 aromatic rings. The first-order valence-electron chi connectivity index (χ1n) is 7.49. The number of hydrogen-bond donors (Lipinski definition) is 3. The molecule has 1 heterocycles. The van der Waals surface area contributed by atoms with E-state index < -0.39 is 6.03 Å². The zero-order valence-corrected chi connectivity index (χ0v) is 13.0. The summed E-state index contributed by atoms with van der Waals surface area (Å²) in [7, 11) is 1.99. The van der Waals surface area contributed by atoms with Gasteiger partial charge in [0.15, 0.2) is 0 Å². The number of nitrogens with zero attached hydrogens (tertiary/aromatic N) is 1. The number of nitrogens with one attached hydrogen (secondary N) is 3. The van der Waals surface area contributed by atoms with E-state index in [0.717, 1.165) is 25.9 Å². The summed E-state index contributed by atoms with van der Waals surface area (Å²) in [5.74, 6) is 0.436. The average Bonchev–Trinajstić information content (AvgIpc) is 2.46. The highest BCUT2D eigenvalue weighted by molar-refractivity contribution is 5.96. The Morgan fingerprint density at radius 2 is 1.85 bits per heavy atom. The third-order valence-corrected chi connectivity index (χ3v) is 4.24. The van der Waals surface area contributed by atoms with Crippen molar-refractivity contribution in [3.63, 3.8) is 0 Å². The normalized spacial score (nSPS) is 20.2. The number of carbonyl (C=O) groups excluding carboxylic acids is 2. The van der Waals surface area contributed by atoms with E-state index in [9.17, 15) is 9.59 Å². The van der Waals surface area contributed by atoms with Crippen molar-refractivity contribution in [1.29, 1.82) is 0 Å². The van der Waals surface area contributed by atoms with E-state index in [1.54, 1.807) is 0 Å². The summed E-state index contributed by atoms with van der Waals surface area (Å²) in [6.07, 6.45) is 2.17. The van der Waals surface area contributed by atoms with Crippen LogP contribution in [0, 0.1) is 5.92 Å². The van der Waals surface area contributed by atoms with Crippen molar-refractivity contribution in [3.05, 3.63) is 0 Å². The first-order chi connectivity index (χ1) is 9.49. The van der Waals surface area contributed by atoms with Gasteiger partial charge in [0.25, 0.3) is 0 Å². The summed E-state index contributed by atoms with van der Waals surface area (Å²) in [6.45, 7) is 8.20. The predicted molar refractivity (Wildman–Crippen MR) is 79.5 cm³/mol. The third kappa shape index (κ3) is 4.76. The number of rotatable bonds is 5. The Hall–Kier alpha value is -1.14. The first kappa shape index (κ1) is 16.9. The van der Waals surface area contributed by atoms with E-state index in [1.807, 2.05) is 20.9 Å². The molecular weight excluding hydrogens is 256 g/mol. The number of hydrogen-bond acceptors (Lipinski definition) is 4. The minimum Gasteiger partial charge on any atom is -0.338 e. The molecule has 0 spiro atoms. The Morgan fingerprint density at radius 1 is 1.25 bits per heavy atom. The summed E-state index contributed by atoms with van der Waals surface area (Å²) >= 11 is 0. The zero-order chi connectivity index (χ0) is 15.1. The van der Waals surface area contributed by atoms with Gasteiger partial charge in [-0.25, -0.2) is 4.79 Å². The van der Waals surface area contributed by atoms with Gasteiger partial charge in [-0.15, -0.1) is 0 Å². The summed E-state index contributed by atoms with van der Waals surface area (Å²) in [5.41, 5.74) is 0. The molecule has 1 aliphatic rings. The second-order valence-corrected chi connectivity index (χ2v) is 5.48. The molecule has 1 saturated heterocycles. The fourth-order valence-electron chi connectivity index (χ4n) is 2.63. The second-order valence-electron chi connectivity index (χ2n) is 5.48. The molecule has 0 aliphatic carbocycles. The Kier molecular flexibility index (Phi) is 6.95. The maximum atomic E-state index is 12.0. The molecule has 0 aromatic carbocycles. The minimum atomic E-state index is -0.414. The molecule has 1 rings (SSSR count). The smallest absolute Gasteiger partial charge is 0.321 e. The maximum absolute atomic E-state index is 12.0. The van der Waals surface area contributed by atoms with E-state index in [-0.39, 0.29) is 11.9 Å². The molecule has 1 fully saturated rings. The lowest BCUT2D eigenvalue weighted by Gasteiger charge is -2.37. The molecule has 20 heavy (non-hydrogen) atoms. The Bertz CT molecular complexity index is 327. The Labute approximate surface area is 121 Å². The number of urea groups is 1.